The SMILES string of the molecule is O=c1oc(-c2ccccc2)cc(O)c1Sc1ccccc1CO. The monoisotopic (exact) mass is 326 g/mol. The zero-order valence-corrected chi connectivity index (χ0v) is 12.9. The number of aliphatic hydroxyl groups is 1. The van der Waals surface area contributed by atoms with Crippen molar-refractivity contribution in [1.82, 2.24) is 0 Å². The van der Waals surface area contributed by atoms with Gasteiger partial charge in [0.2, 0.25) is 0 Å². The highest BCUT2D eigenvalue weighted by Crippen LogP contribution is 2.35. The van der Waals surface area contributed by atoms with Crippen molar-refractivity contribution < 1.29 is 14.6 Å². The first-order valence-electron chi connectivity index (χ1n) is 6.98. The Bertz CT molecular complexity index is 872. The van der Waals surface area contributed by atoms with Crippen LogP contribution in [0.15, 0.2) is 79.7 Å². The second-order valence-corrected chi connectivity index (χ2v) is 5.90. The number of hydrogen-bond acceptors (Lipinski definition) is 5. The van der Waals surface area contributed by atoms with E-state index in [2.05, 4.69) is 0 Å². The van der Waals surface area contributed by atoms with E-state index < -0.39 is 5.63 Å². The molecule has 0 saturated heterocycles. The predicted octanol–water partition coefficient (Wildman–Crippen LogP) is 3.66. The third-order valence-electron chi connectivity index (χ3n) is 3.30. The maximum absolute atomic E-state index is 12.2. The van der Waals surface area contributed by atoms with E-state index >= 15 is 0 Å². The van der Waals surface area contributed by atoms with E-state index in [0.29, 0.717) is 21.8 Å². The van der Waals surface area contributed by atoms with Crippen molar-refractivity contribution in [3.63, 3.8) is 0 Å². The van der Waals surface area contributed by atoms with Gasteiger partial charge in [0.25, 0.3) is 0 Å². The lowest BCUT2D eigenvalue weighted by Gasteiger charge is -2.08. The van der Waals surface area contributed by atoms with Crippen LogP contribution in [0.1, 0.15) is 5.56 Å². The van der Waals surface area contributed by atoms with E-state index in [9.17, 15) is 15.0 Å². The van der Waals surface area contributed by atoms with Gasteiger partial charge in [-0.1, -0.05) is 60.3 Å². The predicted molar refractivity (Wildman–Crippen MR) is 88.6 cm³/mol. The molecular weight excluding hydrogens is 312 g/mol. The van der Waals surface area contributed by atoms with Gasteiger partial charge in [-0.15, -0.1) is 0 Å². The summed E-state index contributed by atoms with van der Waals surface area (Å²) in [6.45, 7) is -0.142. The standard InChI is InChI=1S/C18H14O4S/c19-11-13-8-4-5-9-16(13)23-17-14(20)10-15(22-18(17)21)12-6-2-1-3-7-12/h1-10,19-20H,11H2. The van der Waals surface area contributed by atoms with Crippen LogP contribution in [0.3, 0.4) is 0 Å². The molecule has 23 heavy (non-hydrogen) atoms. The molecule has 2 N–H and O–H groups in total. The molecule has 0 aliphatic heterocycles. The zero-order chi connectivity index (χ0) is 16.2. The largest absolute Gasteiger partial charge is 0.506 e. The second-order valence-electron chi connectivity index (χ2n) is 4.85. The Morgan fingerprint density at radius 1 is 1.00 bits per heavy atom. The van der Waals surface area contributed by atoms with Crippen LogP contribution in [-0.4, -0.2) is 10.2 Å². The van der Waals surface area contributed by atoms with Crippen LogP contribution in [0.2, 0.25) is 0 Å². The molecule has 0 amide bonds. The minimum absolute atomic E-state index is 0.102. The van der Waals surface area contributed by atoms with Crippen LogP contribution in [0, 0.1) is 0 Å². The first-order chi connectivity index (χ1) is 11.2. The fraction of sp³-hybridized carbons (Fsp3) is 0.0556. The molecule has 0 saturated carbocycles. The normalized spacial score (nSPS) is 10.7. The highest BCUT2D eigenvalue weighted by atomic mass is 32.2. The Morgan fingerprint density at radius 2 is 1.70 bits per heavy atom. The molecular formula is C18H14O4S. The molecule has 2 aromatic carbocycles. The van der Waals surface area contributed by atoms with Crippen LogP contribution in [0.25, 0.3) is 11.3 Å². The highest BCUT2D eigenvalue weighted by molar-refractivity contribution is 7.99. The Hall–Kier alpha value is -2.50. The van der Waals surface area contributed by atoms with Crippen LogP contribution in [0.5, 0.6) is 5.75 Å². The molecule has 1 aromatic heterocycles. The minimum Gasteiger partial charge on any atom is -0.506 e. The maximum Gasteiger partial charge on any atom is 0.354 e. The summed E-state index contributed by atoms with van der Waals surface area (Å²) >= 11 is 1.08. The summed E-state index contributed by atoms with van der Waals surface area (Å²) in [6, 6.07) is 17.7. The third-order valence-corrected chi connectivity index (χ3v) is 4.50. The number of aromatic hydroxyl groups is 1. The zero-order valence-electron chi connectivity index (χ0n) is 12.1. The van der Waals surface area contributed by atoms with Gasteiger partial charge in [0.1, 0.15) is 16.4 Å². The topological polar surface area (TPSA) is 70.7 Å². The number of benzene rings is 2. The minimum atomic E-state index is -0.610. The average Bonchev–Trinajstić information content (AvgIpc) is 2.59. The van der Waals surface area contributed by atoms with Crippen molar-refractivity contribution in [2.24, 2.45) is 0 Å². The average molecular weight is 326 g/mol. The molecule has 0 aliphatic carbocycles. The molecule has 0 aliphatic rings. The van der Waals surface area contributed by atoms with Gasteiger partial charge in [-0.2, -0.15) is 0 Å². The smallest absolute Gasteiger partial charge is 0.354 e. The van der Waals surface area contributed by atoms with Gasteiger partial charge in [0.05, 0.1) is 6.61 Å². The van der Waals surface area contributed by atoms with E-state index in [4.69, 9.17) is 4.42 Å². The van der Waals surface area contributed by atoms with Gasteiger partial charge in [-0.25, -0.2) is 4.79 Å². The van der Waals surface area contributed by atoms with Crippen molar-refractivity contribution in [3.05, 3.63) is 76.6 Å². The fourth-order valence-corrected chi connectivity index (χ4v) is 3.07. The van der Waals surface area contributed by atoms with E-state index in [1.807, 2.05) is 18.2 Å². The Kier molecular flexibility index (Phi) is 4.50. The summed E-state index contributed by atoms with van der Waals surface area (Å²) in [7, 11) is 0. The van der Waals surface area contributed by atoms with E-state index in [0.717, 1.165) is 11.8 Å². The van der Waals surface area contributed by atoms with Crippen LogP contribution in [0.4, 0.5) is 0 Å². The van der Waals surface area contributed by atoms with Gasteiger partial charge >= 0.3 is 5.63 Å². The molecule has 0 fully saturated rings. The summed E-state index contributed by atoms with van der Waals surface area (Å²) in [5, 5.41) is 19.6. The fourth-order valence-electron chi connectivity index (χ4n) is 2.15. The van der Waals surface area contributed by atoms with E-state index in [-0.39, 0.29) is 17.3 Å². The van der Waals surface area contributed by atoms with Crippen molar-refractivity contribution in [2.75, 3.05) is 0 Å². The van der Waals surface area contributed by atoms with Crippen LogP contribution in [-0.2, 0) is 6.61 Å². The van der Waals surface area contributed by atoms with Crippen molar-refractivity contribution in [3.8, 4) is 17.1 Å². The molecule has 0 bridgehead atoms. The third kappa shape index (κ3) is 3.31. The van der Waals surface area contributed by atoms with Crippen molar-refractivity contribution >= 4 is 11.8 Å². The highest BCUT2D eigenvalue weighted by Gasteiger charge is 2.15. The Morgan fingerprint density at radius 3 is 2.39 bits per heavy atom. The van der Waals surface area contributed by atoms with Gasteiger partial charge in [-0.3, -0.25) is 0 Å². The number of hydrogen-bond donors (Lipinski definition) is 2. The summed E-state index contributed by atoms with van der Waals surface area (Å²) in [5.74, 6) is 0.172. The summed E-state index contributed by atoms with van der Waals surface area (Å²) in [6.07, 6.45) is 0. The Labute approximate surface area is 137 Å². The molecule has 4 nitrogen and oxygen atoms in total. The Balaban J connectivity index is 2.00. The van der Waals surface area contributed by atoms with Crippen LogP contribution >= 0.6 is 11.8 Å². The molecule has 3 aromatic rings. The van der Waals surface area contributed by atoms with Gasteiger partial charge in [-0.05, 0) is 11.6 Å². The van der Waals surface area contributed by atoms with Gasteiger partial charge in [0.15, 0.2) is 0 Å². The van der Waals surface area contributed by atoms with Crippen LogP contribution < -0.4 is 5.63 Å². The molecule has 3 rings (SSSR count). The molecule has 5 heteroatoms. The lowest BCUT2D eigenvalue weighted by molar-refractivity contribution is 0.279. The summed E-state index contributed by atoms with van der Waals surface area (Å²) in [4.78, 5) is 13.0. The first kappa shape index (κ1) is 15.4. The first-order valence-corrected chi connectivity index (χ1v) is 7.80. The molecule has 0 atom stereocenters. The summed E-state index contributed by atoms with van der Waals surface area (Å²) in [5.41, 5.74) is 0.789. The van der Waals surface area contributed by atoms with E-state index in [1.165, 1.54) is 6.07 Å². The van der Waals surface area contributed by atoms with E-state index in [1.54, 1.807) is 36.4 Å². The van der Waals surface area contributed by atoms with Gasteiger partial charge in [0, 0.05) is 16.5 Å². The molecule has 0 spiro atoms. The molecule has 0 unspecified atom stereocenters. The molecule has 1 heterocycles. The number of aliphatic hydroxyl groups excluding tert-OH is 1. The van der Waals surface area contributed by atoms with Gasteiger partial charge < -0.3 is 14.6 Å². The molecule has 0 radical (unpaired) electrons. The number of rotatable bonds is 4. The lowest BCUT2D eigenvalue weighted by Crippen LogP contribution is -2.03. The second kappa shape index (κ2) is 6.73. The van der Waals surface area contributed by atoms with Crippen molar-refractivity contribution in [2.45, 2.75) is 16.4 Å². The maximum atomic E-state index is 12.2. The summed E-state index contributed by atoms with van der Waals surface area (Å²) < 4.78 is 5.32. The quantitative estimate of drug-likeness (QED) is 0.766. The molecule has 116 valence electrons. The van der Waals surface area contributed by atoms with Crippen molar-refractivity contribution in [1.29, 1.82) is 0 Å². The lowest BCUT2D eigenvalue weighted by atomic mass is 10.1.